The molecule has 0 aliphatic rings. The molecular formula is C30H35NO3. The Bertz CT molecular complexity index is 1130. The van der Waals surface area contributed by atoms with Crippen LogP contribution in [0.3, 0.4) is 0 Å². The molecule has 4 nitrogen and oxygen atoms in total. The smallest absolute Gasteiger partial charge is 0.255 e. The highest BCUT2D eigenvalue weighted by molar-refractivity contribution is 6.24. The van der Waals surface area contributed by atoms with Crippen molar-refractivity contribution in [2.45, 2.75) is 41.0 Å². The Labute approximate surface area is 203 Å². The van der Waals surface area contributed by atoms with E-state index in [1.165, 1.54) is 6.42 Å². The maximum absolute atomic E-state index is 12.5. The molecule has 1 N–H and O–H groups in total. The first-order chi connectivity index (χ1) is 16.2. The fourth-order valence-corrected chi connectivity index (χ4v) is 3.06. The minimum absolute atomic E-state index is 0.00743. The fourth-order valence-electron chi connectivity index (χ4n) is 3.06. The molecule has 3 rings (SSSR count). The van der Waals surface area contributed by atoms with Gasteiger partial charge in [0.05, 0.1) is 7.11 Å². The van der Waals surface area contributed by atoms with Crippen LogP contribution in [0.1, 0.15) is 61.2 Å². The molecule has 3 aromatic carbocycles. The fraction of sp³-hybridized carbons (Fsp3) is 0.267. The number of carbonyl (C=O) groups is 2. The van der Waals surface area contributed by atoms with Crippen LogP contribution < -0.4 is 10.1 Å². The number of Topliss-reactive ketones (excluding diaryl/α,β-unsaturated/α-hetero) is 1. The van der Waals surface area contributed by atoms with Crippen LogP contribution in [-0.2, 0) is 4.79 Å². The first-order valence-electron chi connectivity index (χ1n) is 11.6. The van der Waals surface area contributed by atoms with Crippen LogP contribution in [0.4, 0.5) is 5.69 Å². The Hall–Kier alpha value is -3.66. The minimum atomic E-state index is -0.209. The van der Waals surface area contributed by atoms with Gasteiger partial charge in [-0.2, -0.15) is 0 Å². The van der Waals surface area contributed by atoms with Gasteiger partial charge in [0.1, 0.15) is 5.75 Å². The van der Waals surface area contributed by atoms with Crippen molar-refractivity contribution >= 4 is 29.0 Å². The molecule has 0 aromatic heterocycles. The SMILES string of the molecule is CCC(C)C.COc1ccc(C(=O)Nc2cccc(/C=C(\C(C)=O)c3ccccc3C)c2)cc1. The molecule has 1 amide bonds. The topological polar surface area (TPSA) is 55.4 Å². The minimum Gasteiger partial charge on any atom is -0.497 e. The third-order valence-corrected chi connectivity index (χ3v) is 5.44. The molecule has 3 aromatic rings. The summed E-state index contributed by atoms with van der Waals surface area (Å²) in [6, 6.07) is 22.1. The maximum atomic E-state index is 12.5. The third-order valence-electron chi connectivity index (χ3n) is 5.44. The molecule has 0 bridgehead atoms. The van der Waals surface area contributed by atoms with Crippen LogP contribution in [0.5, 0.6) is 5.75 Å². The van der Waals surface area contributed by atoms with E-state index in [2.05, 4.69) is 26.1 Å². The van der Waals surface area contributed by atoms with E-state index in [9.17, 15) is 9.59 Å². The van der Waals surface area contributed by atoms with Crippen LogP contribution in [0.25, 0.3) is 11.6 Å². The first-order valence-corrected chi connectivity index (χ1v) is 11.6. The summed E-state index contributed by atoms with van der Waals surface area (Å²) in [5, 5.41) is 2.90. The van der Waals surface area contributed by atoms with Gasteiger partial charge >= 0.3 is 0 Å². The number of methoxy groups -OCH3 is 1. The van der Waals surface area contributed by atoms with Crippen molar-refractivity contribution in [3.8, 4) is 5.75 Å². The quantitative estimate of drug-likeness (QED) is 0.296. The average molecular weight is 458 g/mol. The lowest BCUT2D eigenvalue weighted by atomic mass is 9.96. The number of benzene rings is 3. The lowest BCUT2D eigenvalue weighted by Crippen LogP contribution is -2.11. The highest BCUT2D eigenvalue weighted by Gasteiger charge is 2.11. The van der Waals surface area contributed by atoms with Gasteiger partial charge in [-0.1, -0.05) is 63.6 Å². The van der Waals surface area contributed by atoms with E-state index >= 15 is 0 Å². The van der Waals surface area contributed by atoms with E-state index in [4.69, 9.17) is 4.74 Å². The molecule has 0 atom stereocenters. The van der Waals surface area contributed by atoms with Crippen molar-refractivity contribution < 1.29 is 14.3 Å². The highest BCUT2D eigenvalue weighted by atomic mass is 16.5. The van der Waals surface area contributed by atoms with Crippen LogP contribution in [-0.4, -0.2) is 18.8 Å². The van der Waals surface area contributed by atoms with E-state index in [1.54, 1.807) is 38.3 Å². The number of nitrogens with one attached hydrogen (secondary N) is 1. The van der Waals surface area contributed by atoms with Crippen molar-refractivity contribution in [3.63, 3.8) is 0 Å². The van der Waals surface area contributed by atoms with Gasteiger partial charge in [-0.3, -0.25) is 9.59 Å². The number of aryl methyl sites for hydroxylation is 1. The molecule has 0 saturated carbocycles. The molecule has 0 heterocycles. The van der Waals surface area contributed by atoms with Crippen molar-refractivity contribution in [2.75, 3.05) is 12.4 Å². The van der Waals surface area contributed by atoms with Crippen molar-refractivity contribution in [3.05, 3.63) is 95.1 Å². The molecule has 0 spiro atoms. The van der Waals surface area contributed by atoms with Gasteiger partial charge in [-0.15, -0.1) is 0 Å². The molecule has 0 aliphatic carbocycles. The lowest BCUT2D eigenvalue weighted by Gasteiger charge is -2.10. The lowest BCUT2D eigenvalue weighted by molar-refractivity contribution is -0.111. The van der Waals surface area contributed by atoms with E-state index in [1.807, 2.05) is 61.5 Å². The van der Waals surface area contributed by atoms with Gasteiger partial charge in [0.25, 0.3) is 5.91 Å². The summed E-state index contributed by atoms with van der Waals surface area (Å²) in [6.07, 6.45) is 3.16. The number of allylic oxidation sites excluding steroid dienone is 1. The number of hydrogen-bond acceptors (Lipinski definition) is 3. The number of carbonyl (C=O) groups excluding carboxylic acids is 2. The summed E-state index contributed by atoms with van der Waals surface area (Å²) in [7, 11) is 1.58. The van der Waals surface area contributed by atoms with E-state index in [0.29, 0.717) is 22.6 Å². The monoisotopic (exact) mass is 457 g/mol. The summed E-state index contributed by atoms with van der Waals surface area (Å²) in [5.74, 6) is 1.36. The number of rotatable bonds is 7. The Balaban J connectivity index is 0.000000739. The number of anilines is 1. The van der Waals surface area contributed by atoms with Crippen molar-refractivity contribution in [1.82, 2.24) is 0 Å². The van der Waals surface area contributed by atoms with Crippen LogP contribution >= 0.6 is 0 Å². The predicted molar refractivity (Wildman–Crippen MR) is 142 cm³/mol. The Morgan fingerprint density at radius 2 is 1.62 bits per heavy atom. The Morgan fingerprint density at radius 1 is 0.971 bits per heavy atom. The van der Waals surface area contributed by atoms with E-state index in [-0.39, 0.29) is 11.7 Å². The third kappa shape index (κ3) is 8.04. The van der Waals surface area contributed by atoms with Gasteiger partial charge in [0.15, 0.2) is 5.78 Å². The second-order valence-electron chi connectivity index (χ2n) is 8.54. The second-order valence-corrected chi connectivity index (χ2v) is 8.54. The summed E-state index contributed by atoms with van der Waals surface area (Å²) < 4.78 is 5.12. The predicted octanol–water partition coefficient (Wildman–Crippen LogP) is 7.44. The number of ether oxygens (including phenoxy) is 1. The zero-order valence-electron chi connectivity index (χ0n) is 21.0. The van der Waals surface area contributed by atoms with E-state index < -0.39 is 0 Å². The van der Waals surface area contributed by atoms with Gasteiger partial charge < -0.3 is 10.1 Å². The van der Waals surface area contributed by atoms with E-state index in [0.717, 1.165) is 22.6 Å². The maximum Gasteiger partial charge on any atom is 0.255 e. The molecule has 0 aliphatic heterocycles. The van der Waals surface area contributed by atoms with Crippen LogP contribution in [0, 0.1) is 12.8 Å². The molecule has 4 heteroatoms. The largest absolute Gasteiger partial charge is 0.497 e. The summed E-state index contributed by atoms with van der Waals surface area (Å²) in [4.78, 5) is 24.8. The number of ketones is 1. The van der Waals surface area contributed by atoms with Gasteiger partial charge in [0, 0.05) is 16.8 Å². The normalized spacial score (nSPS) is 10.9. The molecule has 0 radical (unpaired) electrons. The summed E-state index contributed by atoms with van der Waals surface area (Å²) in [5.41, 5.74) is 4.63. The molecule has 178 valence electrons. The number of hydrogen-bond donors (Lipinski definition) is 1. The molecular weight excluding hydrogens is 422 g/mol. The Kier molecular flexibility index (Phi) is 10.3. The van der Waals surface area contributed by atoms with Crippen molar-refractivity contribution in [1.29, 1.82) is 0 Å². The number of amides is 1. The molecule has 0 unspecified atom stereocenters. The zero-order valence-corrected chi connectivity index (χ0v) is 21.0. The Morgan fingerprint density at radius 3 is 2.18 bits per heavy atom. The van der Waals surface area contributed by atoms with Gasteiger partial charge in [-0.25, -0.2) is 0 Å². The van der Waals surface area contributed by atoms with Crippen LogP contribution in [0.15, 0.2) is 72.8 Å². The molecule has 0 fully saturated rings. The average Bonchev–Trinajstić information content (AvgIpc) is 2.83. The highest BCUT2D eigenvalue weighted by Crippen LogP contribution is 2.24. The molecule has 0 saturated heterocycles. The van der Waals surface area contributed by atoms with Gasteiger partial charge in [-0.05, 0) is 78.9 Å². The zero-order chi connectivity index (χ0) is 25.1. The molecule has 34 heavy (non-hydrogen) atoms. The first kappa shape index (κ1) is 26.6. The summed E-state index contributed by atoms with van der Waals surface area (Å²) in [6.45, 7) is 10.2. The summed E-state index contributed by atoms with van der Waals surface area (Å²) >= 11 is 0. The standard InChI is InChI=1S/C25H23NO3.C5H12/c1-17-7-4-5-10-23(17)24(18(2)27)16-19-8-6-9-21(15-19)26-25(28)20-11-13-22(29-3)14-12-20;1-4-5(2)3/h4-16H,1-3H3,(H,26,28);5H,4H2,1-3H3/b24-16+;. The van der Waals surface area contributed by atoms with Crippen molar-refractivity contribution in [2.24, 2.45) is 5.92 Å². The van der Waals surface area contributed by atoms with Crippen LogP contribution in [0.2, 0.25) is 0 Å². The second kappa shape index (κ2) is 13.1. The van der Waals surface area contributed by atoms with Gasteiger partial charge in [0.2, 0.25) is 0 Å².